The Morgan fingerprint density at radius 1 is 0.786 bits per heavy atom. The highest BCUT2D eigenvalue weighted by molar-refractivity contribution is 7.19. The van der Waals surface area contributed by atoms with Crippen LogP contribution >= 0.6 is 22.7 Å². The Balaban J connectivity index is 1.44. The van der Waals surface area contributed by atoms with Crippen molar-refractivity contribution in [3.8, 4) is 22.3 Å². The van der Waals surface area contributed by atoms with Gasteiger partial charge in [0, 0.05) is 29.9 Å². The van der Waals surface area contributed by atoms with Crippen molar-refractivity contribution in [2.24, 2.45) is 0 Å². The molecule has 0 radical (unpaired) electrons. The molecular formula is C26H28S2. The molecule has 0 bridgehead atoms. The number of unbranched alkanes of at least 4 members (excludes halogenated alkanes) is 4. The van der Waals surface area contributed by atoms with Crippen LogP contribution in [0.5, 0.6) is 0 Å². The molecule has 0 aliphatic heterocycles. The fourth-order valence-electron chi connectivity index (χ4n) is 4.74. The van der Waals surface area contributed by atoms with E-state index in [-0.39, 0.29) is 0 Å². The zero-order valence-corrected chi connectivity index (χ0v) is 18.7. The summed E-state index contributed by atoms with van der Waals surface area (Å²) in [6.45, 7) is 6.93. The number of hydrogen-bond donors (Lipinski definition) is 0. The van der Waals surface area contributed by atoms with Crippen LogP contribution in [0.1, 0.15) is 68.0 Å². The lowest BCUT2D eigenvalue weighted by Crippen LogP contribution is -1.99. The van der Waals surface area contributed by atoms with Crippen LogP contribution in [0.15, 0.2) is 36.4 Å². The average molecular weight is 405 g/mol. The van der Waals surface area contributed by atoms with Crippen molar-refractivity contribution >= 4 is 42.8 Å². The van der Waals surface area contributed by atoms with Gasteiger partial charge in [0.05, 0.1) is 0 Å². The smallest absolute Gasteiger partial charge is 0.0352 e. The summed E-state index contributed by atoms with van der Waals surface area (Å²) in [5, 5.41) is 2.93. The summed E-state index contributed by atoms with van der Waals surface area (Å²) in [6.07, 6.45) is 8.20. The minimum absolute atomic E-state index is 0.677. The number of thiophene rings is 2. The van der Waals surface area contributed by atoms with Crippen LogP contribution in [0.4, 0.5) is 0 Å². The van der Waals surface area contributed by atoms with Gasteiger partial charge in [0.2, 0.25) is 0 Å². The topological polar surface area (TPSA) is 0 Å². The van der Waals surface area contributed by atoms with Crippen molar-refractivity contribution in [1.29, 1.82) is 0 Å². The minimum atomic E-state index is 0.677. The van der Waals surface area contributed by atoms with Crippen molar-refractivity contribution in [2.45, 2.75) is 65.2 Å². The summed E-state index contributed by atoms with van der Waals surface area (Å²) in [5.74, 6) is 0.677. The van der Waals surface area contributed by atoms with E-state index >= 15 is 0 Å². The van der Waals surface area contributed by atoms with Gasteiger partial charge in [-0.25, -0.2) is 0 Å². The van der Waals surface area contributed by atoms with E-state index in [9.17, 15) is 0 Å². The van der Waals surface area contributed by atoms with Crippen molar-refractivity contribution in [3.63, 3.8) is 0 Å². The van der Waals surface area contributed by atoms with E-state index in [4.69, 9.17) is 0 Å². The quantitative estimate of drug-likeness (QED) is 0.237. The number of benzene rings is 2. The molecule has 28 heavy (non-hydrogen) atoms. The van der Waals surface area contributed by atoms with Gasteiger partial charge in [-0.2, -0.15) is 0 Å². The molecule has 2 heterocycles. The largest absolute Gasteiger partial charge is 0.141 e. The second kappa shape index (κ2) is 7.31. The van der Waals surface area contributed by atoms with E-state index < -0.39 is 0 Å². The van der Waals surface area contributed by atoms with Crippen molar-refractivity contribution < 1.29 is 0 Å². The highest BCUT2D eigenvalue weighted by atomic mass is 32.1. The summed E-state index contributed by atoms with van der Waals surface area (Å²) >= 11 is 3.92. The maximum absolute atomic E-state index is 2.50. The number of fused-ring (bicyclic) bond motifs is 8. The van der Waals surface area contributed by atoms with Crippen LogP contribution in [0.25, 0.3) is 42.4 Å². The number of rotatable bonds is 7. The van der Waals surface area contributed by atoms with E-state index in [1.54, 1.807) is 4.88 Å². The van der Waals surface area contributed by atoms with Crippen LogP contribution in [-0.2, 0) is 0 Å². The highest BCUT2D eigenvalue weighted by Gasteiger charge is 2.28. The van der Waals surface area contributed by atoms with Gasteiger partial charge in [-0.05, 0) is 65.8 Å². The van der Waals surface area contributed by atoms with E-state index in [0.717, 1.165) is 0 Å². The van der Waals surface area contributed by atoms with Crippen molar-refractivity contribution in [1.82, 2.24) is 0 Å². The third kappa shape index (κ3) is 2.93. The summed E-state index contributed by atoms with van der Waals surface area (Å²) in [6, 6.07) is 14.3. The first-order valence-corrected chi connectivity index (χ1v) is 12.4. The minimum Gasteiger partial charge on any atom is -0.141 e. The second-order valence-corrected chi connectivity index (χ2v) is 10.8. The summed E-state index contributed by atoms with van der Waals surface area (Å²) in [5.41, 5.74) is 5.90. The average Bonchev–Trinajstić information content (AvgIpc) is 3.25. The zero-order valence-electron chi connectivity index (χ0n) is 17.1. The summed E-state index contributed by atoms with van der Waals surface area (Å²) in [4.78, 5) is 2.98. The molecule has 0 N–H and O–H groups in total. The molecule has 1 atom stereocenters. The van der Waals surface area contributed by atoms with Crippen molar-refractivity contribution in [3.05, 3.63) is 46.2 Å². The Morgan fingerprint density at radius 3 is 2.14 bits per heavy atom. The molecule has 1 aliphatic rings. The molecular weight excluding hydrogens is 376 g/mol. The normalized spacial score (nSPS) is 13.5. The molecule has 1 unspecified atom stereocenters. The van der Waals surface area contributed by atoms with Crippen LogP contribution in [-0.4, -0.2) is 0 Å². The molecule has 2 heteroatoms. The van der Waals surface area contributed by atoms with E-state index in [0.29, 0.717) is 5.92 Å². The van der Waals surface area contributed by atoms with Gasteiger partial charge in [0.15, 0.2) is 0 Å². The number of aryl methyl sites for hydroxylation is 1. The molecule has 0 nitrogen and oxygen atoms in total. The third-order valence-corrected chi connectivity index (χ3v) is 8.66. The lowest BCUT2D eigenvalue weighted by molar-refractivity contribution is 0.571. The maximum Gasteiger partial charge on any atom is 0.0352 e. The van der Waals surface area contributed by atoms with Gasteiger partial charge >= 0.3 is 0 Å². The van der Waals surface area contributed by atoms with E-state index in [1.807, 2.05) is 22.7 Å². The molecule has 144 valence electrons. The van der Waals surface area contributed by atoms with Crippen LogP contribution in [0, 0.1) is 6.92 Å². The van der Waals surface area contributed by atoms with Gasteiger partial charge in [-0.1, -0.05) is 58.1 Å². The number of hydrogen-bond acceptors (Lipinski definition) is 2. The molecule has 1 aliphatic carbocycles. The molecule has 0 saturated heterocycles. The molecule has 0 fully saturated rings. The lowest BCUT2D eigenvalue weighted by Gasteiger charge is -2.25. The van der Waals surface area contributed by atoms with Crippen LogP contribution < -0.4 is 0 Å². The second-order valence-electron chi connectivity index (χ2n) is 8.41. The first-order valence-electron chi connectivity index (χ1n) is 10.8. The predicted octanol–water partition coefficient (Wildman–Crippen LogP) is 9.54. The van der Waals surface area contributed by atoms with E-state index in [2.05, 4.69) is 57.2 Å². The zero-order chi connectivity index (χ0) is 19.3. The third-order valence-electron chi connectivity index (χ3n) is 6.31. The van der Waals surface area contributed by atoms with Gasteiger partial charge in [0.1, 0.15) is 0 Å². The Labute approximate surface area is 176 Å². The van der Waals surface area contributed by atoms with Gasteiger partial charge in [-0.3, -0.25) is 0 Å². The van der Waals surface area contributed by atoms with Gasteiger partial charge < -0.3 is 0 Å². The highest BCUT2D eigenvalue weighted by Crippen LogP contribution is 2.55. The monoisotopic (exact) mass is 404 g/mol. The Morgan fingerprint density at radius 2 is 1.43 bits per heavy atom. The van der Waals surface area contributed by atoms with Gasteiger partial charge in [-0.15, -0.1) is 22.7 Å². The van der Waals surface area contributed by atoms with Gasteiger partial charge in [0.25, 0.3) is 0 Å². The molecule has 0 amide bonds. The van der Waals surface area contributed by atoms with Crippen LogP contribution in [0.3, 0.4) is 0 Å². The molecule has 5 rings (SSSR count). The Hall–Kier alpha value is -1.64. The Bertz CT molecular complexity index is 1160. The van der Waals surface area contributed by atoms with Crippen molar-refractivity contribution in [2.75, 3.05) is 0 Å². The molecule has 0 spiro atoms. The molecule has 2 aromatic heterocycles. The molecule has 0 saturated carbocycles. The SMILES string of the molecule is CCCCCCCC(C)c1cc2c3c(ccc2s1)-c1c-3ccc2sc(C)cc12. The molecule has 2 aromatic carbocycles. The van der Waals surface area contributed by atoms with E-state index in [1.165, 1.54) is 85.8 Å². The lowest BCUT2D eigenvalue weighted by atomic mass is 9.77. The van der Waals surface area contributed by atoms with Crippen LogP contribution in [0.2, 0.25) is 0 Å². The first-order chi connectivity index (χ1) is 13.7. The fourth-order valence-corrected chi connectivity index (χ4v) is 6.83. The standard InChI is InChI=1S/C26H28S2/c1-4-5-6-7-8-9-16(2)24-15-21-23(28-24)13-11-19-25-18(26(19)21)10-12-22-20(25)14-17(3)27-22/h10-16H,4-9H2,1-3H3. The Kier molecular flexibility index (Phi) is 4.80. The summed E-state index contributed by atoms with van der Waals surface area (Å²) < 4.78 is 2.88. The summed E-state index contributed by atoms with van der Waals surface area (Å²) in [7, 11) is 0. The maximum atomic E-state index is 2.50. The first kappa shape index (κ1) is 18.4. The molecule has 4 aromatic rings. The predicted molar refractivity (Wildman–Crippen MR) is 128 cm³/mol. The fraction of sp³-hybridized carbons (Fsp3) is 0.385.